The monoisotopic (exact) mass is 252 g/mol. The normalized spacial score (nSPS) is 12.8. The highest BCUT2D eigenvalue weighted by molar-refractivity contribution is 5.85. The molecule has 0 saturated heterocycles. The highest BCUT2D eigenvalue weighted by Crippen LogP contribution is 2.30. The Bertz CT molecular complexity index is 377. The molecule has 0 aliphatic heterocycles. The van der Waals surface area contributed by atoms with Crippen LogP contribution in [0.2, 0.25) is 0 Å². The zero-order valence-corrected chi connectivity index (χ0v) is 9.32. The summed E-state index contributed by atoms with van der Waals surface area (Å²) in [6.07, 6.45) is -4.35. The largest absolute Gasteiger partial charge is 0.416 e. The second-order valence-electron chi connectivity index (χ2n) is 3.30. The summed E-state index contributed by atoms with van der Waals surface area (Å²) in [5.74, 6) is -0.637. The molecule has 0 fully saturated rings. The van der Waals surface area contributed by atoms with Gasteiger partial charge in [0.2, 0.25) is 0 Å². The van der Waals surface area contributed by atoms with Gasteiger partial charge in [-0.2, -0.15) is 13.2 Å². The van der Waals surface area contributed by atoms with Gasteiger partial charge in [0.25, 0.3) is 0 Å². The van der Waals surface area contributed by atoms with E-state index in [0.717, 1.165) is 12.1 Å². The van der Waals surface area contributed by atoms with Gasteiger partial charge in [-0.1, -0.05) is 25.1 Å². The van der Waals surface area contributed by atoms with Crippen molar-refractivity contribution in [3.05, 3.63) is 35.4 Å². The number of nitrogens with two attached hydrogens (primary N) is 1. The van der Waals surface area contributed by atoms with E-state index in [1.54, 1.807) is 6.92 Å². The van der Waals surface area contributed by atoms with E-state index in [-0.39, 0.29) is 18.2 Å². The Kier molecular flexibility index (Phi) is 4.81. The molecule has 6 heteroatoms. The minimum atomic E-state index is -4.35. The van der Waals surface area contributed by atoms with Crippen molar-refractivity contribution in [3.8, 4) is 0 Å². The molecule has 0 radical (unpaired) electrons. The molecule has 1 aromatic rings. The Labute approximate surface area is 97.6 Å². The molecular weight excluding hydrogens is 241 g/mol. The molecule has 0 aliphatic rings. The van der Waals surface area contributed by atoms with E-state index in [1.165, 1.54) is 12.1 Å². The topological polar surface area (TPSA) is 49.9 Å². The number of rotatable bonds is 2. The van der Waals surface area contributed by atoms with Gasteiger partial charge >= 0.3 is 6.18 Å². The molecule has 0 heterocycles. The SMILES string of the molecule is CC(C(=N)N)c1cccc(C(F)(F)F)c1.Cl. The average Bonchev–Trinajstić information content (AvgIpc) is 2.15. The molecule has 0 spiro atoms. The van der Waals surface area contributed by atoms with E-state index >= 15 is 0 Å². The first-order valence-corrected chi connectivity index (χ1v) is 4.33. The Balaban J connectivity index is 0.00000225. The van der Waals surface area contributed by atoms with Gasteiger partial charge in [-0.25, -0.2) is 0 Å². The van der Waals surface area contributed by atoms with Crippen LogP contribution < -0.4 is 5.73 Å². The van der Waals surface area contributed by atoms with Gasteiger partial charge in [0.15, 0.2) is 0 Å². The molecular formula is C10H12ClF3N2. The molecule has 0 amide bonds. The van der Waals surface area contributed by atoms with E-state index in [1.807, 2.05) is 0 Å². The van der Waals surface area contributed by atoms with Gasteiger partial charge in [-0.15, -0.1) is 12.4 Å². The van der Waals surface area contributed by atoms with E-state index in [4.69, 9.17) is 11.1 Å². The standard InChI is InChI=1S/C10H11F3N2.ClH/c1-6(9(14)15)7-3-2-4-8(5-7)10(11,12)13;/h2-6H,1H3,(H3,14,15);1H. The predicted molar refractivity (Wildman–Crippen MR) is 59.0 cm³/mol. The predicted octanol–water partition coefficient (Wildman–Crippen LogP) is 3.17. The summed E-state index contributed by atoms with van der Waals surface area (Å²) in [7, 11) is 0. The third kappa shape index (κ3) is 3.41. The minimum absolute atomic E-state index is 0. The first-order valence-electron chi connectivity index (χ1n) is 4.33. The van der Waals surface area contributed by atoms with Gasteiger partial charge in [0, 0.05) is 5.92 Å². The molecule has 0 aliphatic carbocycles. The van der Waals surface area contributed by atoms with Crippen LogP contribution in [-0.4, -0.2) is 5.84 Å². The molecule has 0 aromatic heterocycles. The summed E-state index contributed by atoms with van der Waals surface area (Å²) < 4.78 is 37.0. The number of amidine groups is 1. The van der Waals surface area contributed by atoms with Crippen molar-refractivity contribution in [1.29, 1.82) is 5.41 Å². The highest BCUT2D eigenvalue weighted by atomic mass is 35.5. The number of halogens is 4. The fraction of sp³-hybridized carbons (Fsp3) is 0.300. The molecule has 1 unspecified atom stereocenters. The maximum atomic E-state index is 12.3. The third-order valence-electron chi connectivity index (χ3n) is 2.18. The Morgan fingerprint density at radius 2 is 1.94 bits per heavy atom. The maximum absolute atomic E-state index is 12.3. The van der Waals surface area contributed by atoms with Crippen LogP contribution in [0.4, 0.5) is 13.2 Å². The number of benzene rings is 1. The zero-order chi connectivity index (χ0) is 11.6. The Morgan fingerprint density at radius 1 is 1.38 bits per heavy atom. The molecule has 3 N–H and O–H groups in total. The lowest BCUT2D eigenvalue weighted by Crippen LogP contribution is -2.18. The van der Waals surface area contributed by atoms with E-state index in [2.05, 4.69) is 0 Å². The molecule has 2 nitrogen and oxygen atoms in total. The van der Waals surface area contributed by atoms with Crippen molar-refractivity contribution in [2.24, 2.45) is 5.73 Å². The third-order valence-corrected chi connectivity index (χ3v) is 2.18. The fourth-order valence-corrected chi connectivity index (χ4v) is 1.16. The van der Waals surface area contributed by atoms with Crippen LogP contribution >= 0.6 is 12.4 Å². The summed E-state index contributed by atoms with van der Waals surface area (Å²) in [5, 5.41) is 7.16. The maximum Gasteiger partial charge on any atom is 0.416 e. The van der Waals surface area contributed by atoms with Crippen LogP contribution in [-0.2, 0) is 6.18 Å². The van der Waals surface area contributed by atoms with Crippen LogP contribution in [0.5, 0.6) is 0 Å². The highest BCUT2D eigenvalue weighted by Gasteiger charge is 2.30. The second-order valence-corrected chi connectivity index (χ2v) is 3.30. The molecule has 1 aromatic carbocycles. The summed E-state index contributed by atoms with van der Waals surface area (Å²) in [6.45, 7) is 1.60. The van der Waals surface area contributed by atoms with Gasteiger partial charge in [0.05, 0.1) is 11.4 Å². The number of nitrogens with one attached hydrogen (secondary N) is 1. The Morgan fingerprint density at radius 3 is 2.38 bits per heavy atom. The molecule has 1 atom stereocenters. The summed E-state index contributed by atoms with van der Waals surface area (Å²) in [4.78, 5) is 0. The van der Waals surface area contributed by atoms with Crippen LogP contribution in [0, 0.1) is 5.41 Å². The number of hydrogen-bond acceptors (Lipinski definition) is 1. The van der Waals surface area contributed by atoms with Crippen LogP contribution in [0.25, 0.3) is 0 Å². The van der Waals surface area contributed by atoms with Crippen molar-refractivity contribution >= 4 is 18.2 Å². The lowest BCUT2D eigenvalue weighted by atomic mass is 9.98. The first-order chi connectivity index (χ1) is 6.82. The zero-order valence-electron chi connectivity index (χ0n) is 8.51. The van der Waals surface area contributed by atoms with Gasteiger partial charge < -0.3 is 5.73 Å². The van der Waals surface area contributed by atoms with Crippen molar-refractivity contribution in [3.63, 3.8) is 0 Å². The molecule has 0 saturated carbocycles. The van der Waals surface area contributed by atoms with Gasteiger partial charge in [-0.3, -0.25) is 5.41 Å². The summed E-state index contributed by atoms with van der Waals surface area (Å²) in [5.41, 5.74) is 4.91. The second kappa shape index (κ2) is 5.21. The summed E-state index contributed by atoms with van der Waals surface area (Å²) in [6, 6.07) is 4.86. The smallest absolute Gasteiger partial charge is 0.387 e. The van der Waals surface area contributed by atoms with Crippen molar-refractivity contribution in [2.45, 2.75) is 19.0 Å². The molecule has 0 bridgehead atoms. The van der Waals surface area contributed by atoms with Crippen LogP contribution in [0.1, 0.15) is 24.0 Å². The van der Waals surface area contributed by atoms with Crippen molar-refractivity contribution < 1.29 is 13.2 Å². The van der Waals surface area contributed by atoms with Crippen LogP contribution in [0.3, 0.4) is 0 Å². The molecule has 1 rings (SSSR count). The van der Waals surface area contributed by atoms with Crippen LogP contribution in [0.15, 0.2) is 24.3 Å². The van der Waals surface area contributed by atoms with E-state index in [0.29, 0.717) is 5.56 Å². The first kappa shape index (κ1) is 14.8. The molecule has 16 heavy (non-hydrogen) atoms. The lowest BCUT2D eigenvalue weighted by molar-refractivity contribution is -0.137. The average molecular weight is 253 g/mol. The Hall–Kier alpha value is -1.23. The van der Waals surface area contributed by atoms with Gasteiger partial charge in [-0.05, 0) is 11.6 Å². The van der Waals surface area contributed by atoms with Gasteiger partial charge in [0.1, 0.15) is 0 Å². The lowest BCUT2D eigenvalue weighted by Gasteiger charge is -2.12. The summed E-state index contributed by atoms with van der Waals surface area (Å²) >= 11 is 0. The van der Waals surface area contributed by atoms with E-state index < -0.39 is 17.7 Å². The molecule has 90 valence electrons. The van der Waals surface area contributed by atoms with Crippen molar-refractivity contribution in [2.75, 3.05) is 0 Å². The van der Waals surface area contributed by atoms with E-state index in [9.17, 15) is 13.2 Å². The fourth-order valence-electron chi connectivity index (χ4n) is 1.16. The quantitative estimate of drug-likeness (QED) is 0.616. The minimum Gasteiger partial charge on any atom is -0.387 e. The number of hydrogen-bond donors (Lipinski definition) is 2. The van der Waals surface area contributed by atoms with Crippen molar-refractivity contribution in [1.82, 2.24) is 0 Å². The number of alkyl halides is 3.